The van der Waals surface area contributed by atoms with Gasteiger partial charge in [-0.25, -0.2) is 14.2 Å². The highest BCUT2D eigenvalue weighted by molar-refractivity contribution is 5.82. The molecule has 7 nitrogen and oxygen atoms in total. The van der Waals surface area contributed by atoms with E-state index in [9.17, 15) is 9.59 Å². The van der Waals surface area contributed by atoms with Crippen LogP contribution < -0.4 is 5.56 Å². The van der Waals surface area contributed by atoms with Crippen molar-refractivity contribution < 1.29 is 9.53 Å². The quantitative estimate of drug-likeness (QED) is 0.647. The van der Waals surface area contributed by atoms with Crippen LogP contribution in [-0.2, 0) is 9.53 Å². The highest BCUT2D eigenvalue weighted by Crippen LogP contribution is 2.21. The molecule has 0 saturated carbocycles. The Morgan fingerprint density at radius 2 is 1.93 bits per heavy atom. The topological polar surface area (TPSA) is 79.0 Å². The fraction of sp³-hybridized carbons (Fsp3) is 0.400. The van der Waals surface area contributed by atoms with Gasteiger partial charge in [0.15, 0.2) is 6.04 Å². The lowest BCUT2D eigenvalue weighted by molar-refractivity contribution is -0.147. The Morgan fingerprint density at radius 3 is 2.56 bits per heavy atom. The van der Waals surface area contributed by atoms with Gasteiger partial charge in [0.25, 0.3) is 5.56 Å². The van der Waals surface area contributed by atoms with Crippen molar-refractivity contribution >= 4 is 16.9 Å². The van der Waals surface area contributed by atoms with Crippen LogP contribution in [0, 0.1) is 20.8 Å². The Morgan fingerprint density at radius 1 is 1.19 bits per heavy atom. The molecule has 0 amide bonds. The summed E-state index contributed by atoms with van der Waals surface area (Å²) in [6.45, 7) is 9.68. The zero-order valence-electron chi connectivity index (χ0n) is 16.3. The third-order valence-electron chi connectivity index (χ3n) is 4.80. The van der Waals surface area contributed by atoms with Gasteiger partial charge in [-0.15, -0.1) is 0 Å². The number of nitrogens with zero attached hydrogens (tertiary/aromatic N) is 4. The monoisotopic (exact) mass is 368 g/mol. The molecule has 0 saturated heterocycles. The standard InChI is InChI=1S/C20H24N4O3/c1-6-17(20(26)27-7-2)24-19(25)18-16(14(5)22-24)11-21-23(18)15-9-8-12(3)13(4)10-15/h8-11,17H,6-7H2,1-5H3. The van der Waals surface area contributed by atoms with Gasteiger partial charge in [0.05, 0.1) is 24.2 Å². The van der Waals surface area contributed by atoms with E-state index in [-0.39, 0.29) is 12.2 Å². The van der Waals surface area contributed by atoms with Gasteiger partial charge in [-0.05, 0) is 57.4 Å². The summed E-state index contributed by atoms with van der Waals surface area (Å²) in [5, 5.41) is 9.45. The molecular formula is C20H24N4O3. The van der Waals surface area contributed by atoms with E-state index in [2.05, 4.69) is 10.2 Å². The molecule has 2 heterocycles. The van der Waals surface area contributed by atoms with Crippen LogP contribution in [-0.4, -0.2) is 32.1 Å². The summed E-state index contributed by atoms with van der Waals surface area (Å²) >= 11 is 0. The number of carbonyl (C=O) groups is 1. The molecule has 7 heteroatoms. The van der Waals surface area contributed by atoms with Crippen LogP contribution in [0.15, 0.2) is 29.2 Å². The molecule has 0 spiro atoms. The van der Waals surface area contributed by atoms with Gasteiger partial charge < -0.3 is 4.74 Å². The number of fused-ring (bicyclic) bond motifs is 1. The molecule has 0 N–H and O–H groups in total. The molecule has 0 radical (unpaired) electrons. The second kappa shape index (κ2) is 7.34. The molecule has 0 aliphatic carbocycles. The number of benzene rings is 1. The number of hydrogen-bond acceptors (Lipinski definition) is 5. The molecule has 1 atom stereocenters. The van der Waals surface area contributed by atoms with E-state index in [1.54, 1.807) is 17.8 Å². The van der Waals surface area contributed by atoms with Crippen LogP contribution in [0.2, 0.25) is 0 Å². The lowest BCUT2D eigenvalue weighted by Crippen LogP contribution is -2.34. The van der Waals surface area contributed by atoms with Gasteiger partial charge >= 0.3 is 5.97 Å². The van der Waals surface area contributed by atoms with Crippen LogP contribution in [0.1, 0.15) is 43.1 Å². The van der Waals surface area contributed by atoms with Crippen LogP contribution in [0.5, 0.6) is 0 Å². The average Bonchev–Trinajstić information content (AvgIpc) is 3.08. The Bertz CT molecular complexity index is 1070. The van der Waals surface area contributed by atoms with Crippen molar-refractivity contribution in [3.05, 3.63) is 51.6 Å². The zero-order chi connectivity index (χ0) is 19.7. The van der Waals surface area contributed by atoms with E-state index < -0.39 is 12.0 Å². The van der Waals surface area contributed by atoms with Crippen LogP contribution >= 0.6 is 0 Å². The van der Waals surface area contributed by atoms with Crippen LogP contribution in [0.25, 0.3) is 16.6 Å². The Hall–Kier alpha value is -2.96. The highest BCUT2D eigenvalue weighted by atomic mass is 16.5. The van der Waals surface area contributed by atoms with Crippen LogP contribution in [0.4, 0.5) is 0 Å². The summed E-state index contributed by atoms with van der Waals surface area (Å²) in [4.78, 5) is 25.5. The number of rotatable bonds is 5. The highest BCUT2D eigenvalue weighted by Gasteiger charge is 2.25. The van der Waals surface area contributed by atoms with E-state index in [0.29, 0.717) is 23.0 Å². The Kier molecular flexibility index (Phi) is 5.12. The Labute approximate surface area is 157 Å². The smallest absolute Gasteiger partial charge is 0.331 e. The van der Waals surface area contributed by atoms with E-state index in [0.717, 1.165) is 11.3 Å². The molecule has 1 aromatic carbocycles. The van der Waals surface area contributed by atoms with Gasteiger partial charge in [0.1, 0.15) is 5.52 Å². The molecular weight excluding hydrogens is 344 g/mol. The minimum Gasteiger partial charge on any atom is -0.464 e. The largest absolute Gasteiger partial charge is 0.464 e. The fourth-order valence-corrected chi connectivity index (χ4v) is 3.13. The van der Waals surface area contributed by atoms with Gasteiger partial charge in [-0.2, -0.15) is 10.2 Å². The first-order chi connectivity index (χ1) is 12.9. The predicted molar refractivity (Wildman–Crippen MR) is 103 cm³/mol. The predicted octanol–water partition coefficient (Wildman–Crippen LogP) is 3.02. The number of carbonyl (C=O) groups excluding carboxylic acids is 1. The van der Waals surface area contributed by atoms with Gasteiger partial charge in [0.2, 0.25) is 0 Å². The lowest BCUT2D eigenvalue weighted by atomic mass is 10.1. The van der Waals surface area contributed by atoms with Gasteiger partial charge in [-0.1, -0.05) is 13.0 Å². The summed E-state index contributed by atoms with van der Waals surface area (Å²) < 4.78 is 7.97. The number of hydrogen-bond donors (Lipinski definition) is 0. The maximum atomic E-state index is 13.2. The van der Waals surface area contributed by atoms with Crippen molar-refractivity contribution in [2.45, 2.75) is 47.1 Å². The van der Waals surface area contributed by atoms with Gasteiger partial charge in [-0.3, -0.25) is 4.79 Å². The summed E-state index contributed by atoms with van der Waals surface area (Å²) in [5.41, 5.74) is 3.77. The first-order valence-electron chi connectivity index (χ1n) is 9.10. The second-order valence-corrected chi connectivity index (χ2v) is 6.60. The van der Waals surface area contributed by atoms with Crippen molar-refractivity contribution in [2.75, 3.05) is 6.61 Å². The minimum absolute atomic E-state index is 0.256. The maximum absolute atomic E-state index is 13.2. The van der Waals surface area contributed by atoms with E-state index >= 15 is 0 Å². The number of ether oxygens (including phenoxy) is 1. The molecule has 0 fully saturated rings. The first kappa shape index (κ1) is 18.8. The molecule has 3 rings (SSSR count). The van der Waals surface area contributed by atoms with Crippen molar-refractivity contribution in [1.82, 2.24) is 19.6 Å². The maximum Gasteiger partial charge on any atom is 0.331 e. The van der Waals surface area contributed by atoms with E-state index in [1.165, 1.54) is 10.2 Å². The molecule has 27 heavy (non-hydrogen) atoms. The van der Waals surface area contributed by atoms with Crippen molar-refractivity contribution in [3.63, 3.8) is 0 Å². The third kappa shape index (κ3) is 3.25. The molecule has 1 unspecified atom stereocenters. The Balaban J connectivity index is 2.25. The number of aromatic nitrogens is 4. The molecule has 0 bridgehead atoms. The van der Waals surface area contributed by atoms with Crippen molar-refractivity contribution in [2.24, 2.45) is 0 Å². The summed E-state index contributed by atoms with van der Waals surface area (Å²) in [5.74, 6) is -0.453. The summed E-state index contributed by atoms with van der Waals surface area (Å²) in [7, 11) is 0. The van der Waals surface area contributed by atoms with Crippen LogP contribution in [0.3, 0.4) is 0 Å². The molecule has 0 aliphatic rings. The summed E-state index contributed by atoms with van der Waals surface area (Å²) in [6, 6.07) is 5.16. The fourth-order valence-electron chi connectivity index (χ4n) is 3.13. The molecule has 0 aliphatic heterocycles. The van der Waals surface area contributed by atoms with Crippen molar-refractivity contribution in [3.8, 4) is 5.69 Å². The minimum atomic E-state index is -0.761. The number of aryl methyl sites for hydroxylation is 3. The zero-order valence-corrected chi connectivity index (χ0v) is 16.3. The molecule has 3 aromatic rings. The second-order valence-electron chi connectivity index (χ2n) is 6.60. The number of esters is 1. The third-order valence-corrected chi connectivity index (χ3v) is 4.80. The lowest BCUT2D eigenvalue weighted by Gasteiger charge is -2.16. The molecule has 2 aromatic heterocycles. The average molecular weight is 368 g/mol. The SMILES string of the molecule is CCOC(=O)C(CC)n1nc(C)c2cnn(-c3ccc(C)c(C)c3)c2c1=O. The first-order valence-corrected chi connectivity index (χ1v) is 9.10. The van der Waals surface area contributed by atoms with Crippen molar-refractivity contribution in [1.29, 1.82) is 0 Å². The van der Waals surface area contributed by atoms with E-state index in [1.807, 2.05) is 45.9 Å². The van der Waals surface area contributed by atoms with Gasteiger partial charge in [0, 0.05) is 5.39 Å². The summed E-state index contributed by atoms with van der Waals surface area (Å²) in [6.07, 6.45) is 2.05. The molecule has 142 valence electrons. The normalized spacial score (nSPS) is 12.3. The van der Waals surface area contributed by atoms with E-state index in [4.69, 9.17) is 4.74 Å².